The average Bonchev–Trinajstić information content (AvgIpc) is 2.89. The molecule has 0 aliphatic carbocycles. The Morgan fingerprint density at radius 2 is 2.10 bits per heavy atom. The summed E-state index contributed by atoms with van der Waals surface area (Å²) in [6.07, 6.45) is 0. The Hall–Kier alpha value is -1.67. The molecule has 0 aliphatic rings. The maximum absolute atomic E-state index is 12.4. The van der Waals surface area contributed by atoms with Crippen LogP contribution in [0.5, 0.6) is 0 Å². The van der Waals surface area contributed by atoms with E-state index in [1.165, 1.54) is 23.1 Å². The molecule has 0 aromatic carbocycles. The van der Waals surface area contributed by atoms with E-state index in [1.807, 2.05) is 6.92 Å². The van der Waals surface area contributed by atoms with Crippen LogP contribution in [0.4, 0.5) is 5.00 Å². The highest BCUT2D eigenvalue weighted by atomic mass is 79.9. The number of halogens is 1. The number of hydrogen-bond acceptors (Lipinski definition) is 5. The summed E-state index contributed by atoms with van der Waals surface area (Å²) in [5, 5.41) is 7.39. The molecule has 2 aromatic heterocycles. The van der Waals surface area contributed by atoms with Crippen LogP contribution in [0.15, 0.2) is 10.5 Å². The number of thiophene rings is 1. The molecule has 112 valence electrons. The van der Waals surface area contributed by atoms with E-state index in [9.17, 15) is 9.59 Å². The lowest BCUT2D eigenvalue weighted by molar-refractivity contribution is 0.0602. The van der Waals surface area contributed by atoms with Crippen molar-refractivity contribution < 1.29 is 14.3 Å². The van der Waals surface area contributed by atoms with Crippen molar-refractivity contribution in [3.8, 4) is 0 Å². The Morgan fingerprint density at radius 3 is 2.62 bits per heavy atom. The van der Waals surface area contributed by atoms with Crippen molar-refractivity contribution in [2.75, 3.05) is 12.4 Å². The second-order valence-corrected chi connectivity index (χ2v) is 6.47. The van der Waals surface area contributed by atoms with Crippen LogP contribution in [0.3, 0.4) is 0 Å². The molecule has 0 aliphatic heterocycles. The number of nitrogens with one attached hydrogen (secondary N) is 1. The summed E-state index contributed by atoms with van der Waals surface area (Å²) in [7, 11) is 3.00. The van der Waals surface area contributed by atoms with E-state index < -0.39 is 5.97 Å². The normalized spacial score (nSPS) is 10.5. The van der Waals surface area contributed by atoms with Crippen molar-refractivity contribution in [2.45, 2.75) is 13.8 Å². The van der Waals surface area contributed by atoms with Crippen LogP contribution in [0.1, 0.15) is 31.4 Å². The number of esters is 1. The van der Waals surface area contributed by atoms with Gasteiger partial charge in [-0.15, -0.1) is 11.3 Å². The lowest BCUT2D eigenvalue weighted by Gasteiger charge is -2.06. The summed E-state index contributed by atoms with van der Waals surface area (Å²) >= 11 is 4.67. The van der Waals surface area contributed by atoms with Gasteiger partial charge < -0.3 is 10.1 Å². The smallest absolute Gasteiger partial charge is 0.340 e. The minimum atomic E-state index is -0.477. The molecule has 6 nitrogen and oxygen atoms in total. The number of methoxy groups -OCH3 is 1. The third-order valence-electron chi connectivity index (χ3n) is 2.85. The molecule has 0 atom stereocenters. The number of amides is 1. The Morgan fingerprint density at radius 1 is 1.43 bits per heavy atom. The molecule has 1 amide bonds. The molecule has 21 heavy (non-hydrogen) atoms. The number of carbonyl (C=O) groups is 2. The minimum Gasteiger partial charge on any atom is -0.465 e. The largest absolute Gasteiger partial charge is 0.465 e. The summed E-state index contributed by atoms with van der Waals surface area (Å²) in [6.45, 7) is 3.66. The Balaban J connectivity index is 2.34. The van der Waals surface area contributed by atoms with Crippen LogP contribution in [-0.4, -0.2) is 28.8 Å². The highest BCUT2D eigenvalue weighted by Crippen LogP contribution is 2.29. The summed E-state index contributed by atoms with van der Waals surface area (Å²) in [5.41, 5.74) is 1.47. The van der Waals surface area contributed by atoms with Gasteiger partial charge in [0, 0.05) is 11.9 Å². The van der Waals surface area contributed by atoms with Crippen LogP contribution in [0.25, 0.3) is 0 Å². The van der Waals surface area contributed by atoms with Crippen LogP contribution in [-0.2, 0) is 11.8 Å². The van der Waals surface area contributed by atoms with Gasteiger partial charge in [-0.1, -0.05) is 0 Å². The zero-order chi connectivity index (χ0) is 15.7. The lowest BCUT2D eigenvalue weighted by Crippen LogP contribution is -2.17. The van der Waals surface area contributed by atoms with Gasteiger partial charge in [0.15, 0.2) is 0 Å². The predicted molar refractivity (Wildman–Crippen MR) is 84.0 cm³/mol. The lowest BCUT2D eigenvalue weighted by atomic mass is 10.3. The molecule has 0 saturated carbocycles. The molecular weight excluding hydrogens is 358 g/mol. The molecule has 0 fully saturated rings. The van der Waals surface area contributed by atoms with Crippen LogP contribution >= 0.6 is 27.3 Å². The van der Waals surface area contributed by atoms with Crippen molar-refractivity contribution in [3.05, 3.63) is 32.4 Å². The quantitative estimate of drug-likeness (QED) is 0.841. The zero-order valence-electron chi connectivity index (χ0n) is 12.0. The maximum atomic E-state index is 12.4. The molecule has 0 saturated heterocycles. The summed E-state index contributed by atoms with van der Waals surface area (Å²) < 4.78 is 6.85. The molecule has 2 heterocycles. The van der Waals surface area contributed by atoms with Crippen molar-refractivity contribution in [2.24, 2.45) is 7.05 Å². The number of carbonyl (C=O) groups excluding carboxylic acids is 2. The van der Waals surface area contributed by atoms with E-state index in [-0.39, 0.29) is 5.91 Å². The average molecular weight is 372 g/mol. The van der Waals surface area contributed by atoms with Gasteiger partial charge in [0.1, 0.15) is 10.7 Å². The number of aryl methyl sites for hydroxylation is 3. The molecule has 1 N–H and O–H groups in total. The first-order valence-electron chi connectivity index (χ1n) is 6.04. The van der Waals surface area contributed by atoms with Gasteiger partial charge in [-0.2, -0.15) is 5.10 Å². The van der Waals surface area contributed by atoms with Crippen molar-refractivity contribution in [1.29, 1.82) is 0 Å². The number of rotatable bonds is 3. The van der Waals surface area contributed by atoms with Gasteiger partial charge in [-0.25, -0.2) is 4.79 Å². The molecule has 0 unspecified atom stereocenters. The predicted octanol–water partition coefficient (Wildman–Crippen LogP) is 2.90. The van der Waals surface area contributed by atoms with E-state index in [2.05, 4.69) is 26.3 Å². The van der Waals surface area contributed by atoms with Gasteiger partial charge in [0.05, 0.1) is 22.8 Å². The van der Waals surface area contributed by atoms with Gasteiger partial charge in [-0.3, -0.25) is 9.48 Å². The van der Waals surface area contributed by atoms with Gasteiger partial charge >= 0.3 is 5.97 Å². The fourth-order valence-electron chi connectivity index (χ4n) is 1.91. The molecule has 0 radical (unpaired) electrons. The standard InChI is InChI=1S/C13H14BrN3O3S/c1-6-5-8(13(19)20-4)12(21-6)15-11(18)10-9(14)7(2)16-17(10)3/h5H,1-4H3,(H,15,18). The van der Waals surface area contributed by atoms with E-state index >= 15 is 0 Å². The third kappa shape index (κ3) is 3.01. The van der Waals surface area contributed by atoms with Crippen molar-refractivity contribution in [1.82, 2.24) is 9.78 Å². The number of aromatic nitrogens is 2. The second-order valence-electron chi connectivity index (χ2n) is 4.42. The SMILES string of the molecule is COC(=O)c1cc(C)sc1NC(=O)c1c(Br)c(C)nn1C. The minimum absolute atomic E-state index is 0.336. The van der Waals surface area contributed by atoms with Crippen LogP contribution < -0.4 is 5.32 Å². The zero-order valence-corrected chi connectivity index (χ0v) is 14.4. The highest BCUT2D eigenvalue weighted by Gasteiger charge is 2.22. The molecule has 0 bridgehead atoms. The Bertz CT molecular complexity index is 721. The highest BCUT2D eigenvalue weighted by molar-refractivity contribution is 9.10. The number of hydrogen-bond donors (Lipinski definition) is 1. The fraction of sp³-hybridized carbons (Fsp3) is 0.308. The maximum Gasteiger partial charge on any atom is 0.340 e. The van der Waals surface area contributed by atoms with Crippen molar-refractivity contribution >= 4 is 44.1 Å². The molecule has 2 rings (SSSR count). The molecule has 2 aromatic rings. The number of ether oxygens (including phenoxy) is 1. The van der Waals surface area contributed by atoms with E-state index in [1.54, 1.807) is 20.0 Å². The first kappa shape index (κ1) is 15.7. The van der Waals surface area contributed by atoms with E-state index in [0.29, 0.717) is 20.7 Å². The number of nitrogens with zero attached hydrogens (tertiary/aromatic N) is 2. The van der Waals surface area contributed by atoms with Gasteiger partial charge in [-0.05, 0) is 35.8 Å². The molecule has 8 heteroatoms. The first-order valence-corrected chi connectivity index (χ1v) is 7.65. The number of anilines is 1. The second kappa shape index (κ2) is 5.98. The third-order valence-corrected chi connectivity index (χ3v) is 4.77. The van der Waals surface area contributed by atoms with E-state index in [4.69, 9.17) is 4.74 Å². The monoisotopic (exact) mass is 371 g/mol. The van der Waals surface area contributed by atoms with Gasteiger partial charge in [0.2, 0.25) is 0 Å². The van der Waals surface area contributed by atoms with E-state index in [0.717, 1.165) is 10.6 Å². The topological polar surface area (TPSA) is 73.2 Å². The first-order chi connectivity index (χ1) is 9.85. The van der Waals surface area contributed by atoms with Crippen molar-refractivity contribution in [3.63, 3.8) is 0 Å². The summed E-state index contributed by atoms with van der Waals surface area (Å²) in [6, 6.07) is 1.69. The van der Waals surface area contributed by atoms with Crippen LogP contribution in [0, 0.1) is 13.8 Å². The Kier molecular flexibility index (Phi) is 4.48. The van der Waals surface area contributed by atoms with Gasteiger partial charge in [0.25, 0.3) is 5.91 Å². The fourth-order valence-corrected chi connectivity index (χ4v) is 3.32. The summed E-state index contributed by atoms with van der Waals surface area (Å²) in [4.78, 5) is 25.0. The van der Waals surface area contributed by atoms with Crippen LogP contribution in [0.2, 0.25) is 0 Å². The summed E-state index contributed by atoms with van der Waals surface area (Å²) in [5.74, 6) is -0.813. The molecular formula is C13H14BrN3O3S. The Labute approximate surface area is 134 Å². The molecule has 0 spiro atoms.